The van der Waals surface area contributed by atoms with Crippen LogP contribution in [0.2, 0.25) is 0 Å². The van der Waals surface area contributed by atoms with E-state index < -0.39 is 0 Å². The van der Waals surface area contributed by atoms with E-state index in [-0.39, 0.29) is 10.8 Å². The van der Waals surface area contributed by atoms with Crippen molar-refractivity contribution in [1.29, 1.82) is 0 Å². The molecule has 0 amide bonds. The summed E-state index contributed by atoms with van der Waals surface area (Å²) >= 11 is 4.92. The quantitative estimate of drug-likeness (QED) is 0.841. The fourth-order valence-corrected chi connectivity index (χ4v) is 2.06. The lowest BCUT2D eigenvalue weighted by Crippen LogP contribution is -2.13. The highest BCUT2D eigenvalue weighted by atomic mass is 32.1. The van der Waals surface area contributed by atoms with Crippen molar-refractivity contribution in [1.82, 2.24) is 9.78 Å². The summed E-state index contributed by atoms with van der Waals surface area (Å²) in [5.74, 6) is -0.356. The molecule has 0 saturated heterocycles. The van der Waals surface area contributed by atoms with Gasteiger partial charge in [0.2, 0.25) is 0 Å². The van der Waals surface area contributed by atoms with Crippen molar-refractivity contribution in [2.24, 2.45) is 12.8 Å². The van der Waals surface area contributed by atoms with Gasteiger partial charge in [0, 0.05) is 36.6 Å². The molecular formula is C13H15FN4S. The van der Waals surface area contributed by atoms with Gasteiger partial charge in [0.25, 0.3) is 0 Å². The number of nitrogens with two attached hydrogens (primary N) is 1. The van der Waals surface area contributed by atoms with Gasteiger partial charge in [-0.2, -0.15) is 5.10 Å². The topological polar surface area (TPSA) is 55.9 Å². The molecular weight excluding hydrogens is 263 g/mol. The predicted molar refractivity (Wildman–Crippen MR) is 77.6 cm³/mol. The molecule has 0 atom stereocenters. The zero-order chi connectivity index (χ0) is 14.0. The number of hydrogen-bond acceptors (Lipinski definition) is 3. The Bertz CT molecular complexity index is 621. The predicted octanol–water partition coefficient (Wildman–Crippen LogP) is 2.11. The van der Waals surface area contributed by atoms with Crippen molar-refractivity contribution in [2.45, 2.75) is 13.5 Å². The second-order valence-corrected chi connectivity index (χ2v) is 4.76. The maximum Gasteiger partial charge on any atom is 0.124 e. The van der Waals surface area contributed by atoms with Gasteiger partial charge in [-0.25, -0.2) is 4.39 Å². The zero-order valence-electron chi connectivity index (χ0n) is 10.8. The average molecular weight is 278 g/mol. The van der Waals surface area contributed by atoms with E-state index in [2.05, 4.69) is 10.4 Å². The Morgan fingerprint density at radius 2 is 2.26 bits per heavy atom. The van der Waals surface area contributed by atoms with Crippen LogP contribution in [0.1, 0.15) is 16.8 Å². The number of hydrogen-bond donors (Lipinski definition) is 2. The molecule has 100 valence electrons. The van der Waals surface area contributed by atoms with Crippen LogP contribution in [-0.2, 0) is 13.6 Å². The van der Waals surface area contributed by atoms with Crippen molar-refractivity contribution in [2.75, 3.05) is 5.32 Å². The second-order valence-electron chi connectivity index (χ2n) is 4.32. The number of benzene rings is 1. The normalized spacial score (nSPS) is 10.5. The summed E-state index contributed by atoms with van der Waals surface area (Å²) in [5.41, 5.74) is 8.85. The van der Waals surface area contributed by atoms with Crippen molar-refractivity contribution in [3.05, 3.63) is 47.0 Å². The van der Waals surface area contributed by atoms with Crippen LogP contribution in [0.3, 0.4) is 0 Å². The Balaban J connectivity index is 2.20. The number of nitrogens with one attached hydrogen (secondary N) is 1. The molecule has 0 fully saturated rings. The third-order valence-electron chi connectivity index (χ3n) is 2.83. The molecule has 1 aromatic carbocycles. The molecule has 0 radical (unpaired) electrons. The lowest BCUT2D eigenvalue weighted by atomic mass is 10.1. The lowest BCUT2D eigenvalue weighted by Gasteiger charge is -2.10. The molecule has 0 aliphatic rings. The summed E-state index contributed by atoms with van der Waals surface area (Å²) in [6.45, 7) is 2.52. The maximum atomic E-state index is 13.2. The Hall–Kier alpha value is -1.95. The van der Waals surface area contributed by atoms with Gasteiger partial charge < -0.3 is 11.1 Å². The van der Waals surface area contributed by atoms with Crippen molar-refractivity contribution >= 4 is 22.9 Å². The Labute approximate surface area is 116 Å². The first-order valence-electron chi connectivity index (χ1n) is 5.79. The molecule has 6 heteroatoms. The molecule has 2 aromatic rings. The molecule has 2 rings (SSSR count). The summed E-state index contributed by atoms with van der Waals surface area (Å²) in [4.78, 5) is 0.171. The first-order chi connectivity index (χ1) is 8.97. The highest BCUT2D eigenvalue weighted by molar-refractivity contribution is 7.80. The summed E-state index contributed by atoms with van der Waals surface area (Å²) in [6, 6.07) is 4.34. The molecule has 3 N–H and O–H groups in total. The highest BCUT2D eigenvalue weighted by Crippen LogP contribution is 2.18. The summed E-state index contributed by atoms with van der Waals surface area (Å²) in [5, 5.41) is 7.47. The molecule has 0 saturated carbocycles. The smallest absolute Gasteiger partial charge is 0.124 e. The summed E-state index contributed by atoms with van der Waals surface area (Å²) < 4.78 is 14.9. The first-order valence-corrected chi connectivity index (χ1v) is 6.20. The largest absolute Gasteiger partial charge is 0.389 e. The minimum Gasteiger partial charge on any atom is -0.389 e. The Morgan fingerprint density at radius 1 is 1.53 bits per heavy atom. The molecule has 0 aliphatic carbocycles. The number of nitrogens with zero attached hydrogens (tertiary/aromatic N) is 2. The number of halogens is 1. The van der Waals surface area contributed by atoms with E-state index in [4.69, 9.17) is 18.0 Å². The molecule has 0 bridgehead atoms. The summed E-state index contributed by atoms with van der Waals surface area (Å²) in [7, 11) is 1.87. The van der Waals surface area contributed by atoms with Gasteiger partial charge in [-0.15, -0.1) is 0 Å². The summed E-state index contributed by atoms with van der Waals surface area (Å²) in [6.07, 6.45) is 1.94. The molecule has 1 aromatic heterocycles. The molecule has 1 heterocycles. The van der Waals surface area contributed by atoms with E-state index in [1.807, 2.05) is 20.2 Å². The van der Waals surface area contributed by atoms with Gasteiger partial charge in [0.05, 0.1) is 5.69 Å². The van der Waals surface area contributed by atoms with Gasteiger partial charge in [-0.05, 0) is 25.1 Å². The van der Waals surface area contributed by atoms with E-state index in [0.717, 1.165) is 16.9 Å². The fraction of sp³-hybridized carbons (Fsp3) is 0.231. The number of anilines is 1. The standard InChI is InChI=1S/C13H15FN4S/c1-8-9(7-18(2)17-8)6-16-12-4-3-10(14)5-11(12)13(15)19/h3-5,7,16H,6H2,1-2H3,(H2,15,19). The van der Waals surface area contributed by atoms with Gasteiger partial charge in [0.1, 0.15) is 10.8 Å². The fourth-order valence-electron chi connectivity index (χ4n) is 1.89. The van der Waals surface area contributed by atoms with Crippen LogP contribution >= 0.6 is 12.2 Å². The first kappa shape index (κ1) is 13.5. The highest BCUT2D eigenvalue weighted by Gasteiger charge is 2.08. The third kappa shape index (κ3) is 3.08. The van der Waals surface area contributed by atoms with Crippen molar-refractivity contribution in [3.63, 3.8) is 0 Å². The van der Waals surface area contributed by atoms with E-state index in [0.29, 0.717) is 12.1 Å². The zero-order valence-corrected chi connectivity index (χ0v) is 11.6. The van der Waals surface area contributed by atoms with Crippen molar-refractivity contribution in [3.8, 4) is 0 Å². The monoisotopic (exact) mass is 278 g/mol. The van der Waals surface area contributed by atoms with Crippen LogP contribution in [0.15, 0.2) is 24.4 Å². The number of thiocarbonyl (C=S) groups is 1. The Morgan fingerprint density at radius 3 is 2.84 bits per heavy atom. The minimum atomic E-state index is -0.356. The minimum absolute atomic E-state index is 0.171. The molecule has 4 nitrogen and oxygen atoms in total. The van der Waals surface area contributed by atoms with Crippen LogP contribution in [-0.4, -0.2) is 14.8 Å². The van der Waals surface area contributed by atoms with Gasteiger partial charge >= 0.3 is 0 Å². The van der Waals surface area contributed by atoms with Gasteiger partial charge in [-0.3, -0.25) is 4.68 Å². The molecule has 0 spiro atoms. The number of aryl methyl sites for hydroxylation is 2. The second kappa shape index (κ2) is 5.36. The third-order valence-corrected chi connectivity index (χ3v) is 3.05. The molecule has 19 heavy (non-hydrogen) atoms. The van der Waals surface area contributed by atoms with E-state index in [9.17, 15) is 4.39 Å². The van der Waals surface area contributed by atoms with Crippen LogP contribution in [0.4, 0.5) is 10.1 Å². The van der Waals surface area contributed by atoms with Crippen LogP contribution in [0, 0.1) is 12.7 Å². The maximum absolute atomic E-state index is 13.2. The van der Waals surface area contributed by atoms with E-state index in [1.165, 1.54) is 12.1 Å². The van der Waals surface area contributed by atoms with Gasteiger partial charge in [0.15, 0.2) is 0 Å². The van der Waals surface area contributed by atoms with Crippen LogP contribution in [0.25, 0.3) is 0 Å². The average Bonchev–Trinajstić information content (AvgIpc) is 2.66. The van der Waals surface area contributed by atoms with Crippen molar-refractivity contribution < 1.29 is 4.39 Å². The van der Waals surface area contributed by atoms with E-state index >= 15 is 0 Å². The SMILES string of the molecule is Cc1nn(C)cc1CNc1ccc(F)cc1C(N)=S. The number of rotatable bonds is 4. The van der Waals surface area contributed by atoms with Gasteiger partial charge in [-0.1, -0.05) is 12.2 Å². The Kier molecular flexibility index (Phi) is 3.80. The van der Waals surface area contributed by atoms with Crippen LogP contribution < -0.4 is 11.1 Å². The molecule has 0 unspecified atom stereocenters. The van der Waals surface area contributed by atoms with E-state index in [1.54, 1.807) is 10.7 Å². The molecule has 0 aliphatic heterocycles. The number of aromatic nitrogens is 2. The lowest BCUT2D eigenvalue weighted by molar-refractivity contribution is 0.627. The van der Waals surface area contributed by atoms with Crippen LogP contribution in [0.5, 0.6) is 0 Å².